The van der Waals surface area contributed by atoms with Gasteiger partial charge in [-0.3, -0.25) is 9.59 Å². The molecule has 3 heterocycles. The molecule has 2 aromatic heterocycles. The van der Waals surface area contributed by atoms with Gasteiger partial charge in [-0.25, -0.2) is 19.0 Å². The highest BCUT2D eigenvalue weighted by Crippen LogP contribution is 2.35. The molecule has 0 saturated carbocycles. The number of halogens is 1. The van der Waals surface area contributed by atoms with Crippen molar-refractivity contribution in [3.05, 3.63) is 60.9 Å². The van der Waals surface area contributed by atoms with Crippen LogP contribution in [0.15, 0.2) is 60.9 Å². The fraction of sp³-hybridized carbons (Fsp3) is 0.296. The van der Waals surface area contributed by atoms with Crippen LogP contribution in [0.5, 0.6) is 11.5 Å². The maximum absolute atomic E-state index is 14.5. The summed E-state index contributed by atoms with van der Waals surface area (Å²) in [5.41, 5.74) is 13.3. The summed E-state index contributed by atoms with van der Waals surface area (Å²) in [4.78, 5) is 33.8. The predicted molar refractivity (Wildman–Crippen MR) is 140 cm³/mol. The van der Waals surface area contributed by atoms with Crippen LogP contribution < -0.4 is 16.2 Å². The lowest BCUT2D eigenvalue weighted by molar-refractivity contribution is -0.138. The number of amides is 2. The van der Waals surface area contributed by atoms with E-state index in [1.807, 2.05) is 54.6 Å². The van der Waals surface area contributed by atoms with Gasteiger partial charge in [0, 0.05) is 25.1 Å². The SMILES string of the molecule is NC(=O)CCC(F)C(=O)N1CCC[C@@H](n2nc(-c3ccc(Oc4ccccc4)cc3)c3c(N)ncnc32)C1. The van der Waals surface area contributed by atoms with Gasteiger partial charge in [0.05, 0.1) is 11.4 Å². The van der Waals surface area contributed by atoms with E-state index < -0.39 is 18.0 Å². The van der Waals surface area contributed by atoms with Crippen molar-refractivity contribution in [1.82, 2.24) is 24.6 Å². The molecule has 0 bridgehead atoms. The van der Waals surface area contributed by atoms with Crippen LogP contribution in [-0.2, 0) is 9.59 Å². The number of carbonyl (C=O) groups excluding carboxylic acids is 2. The quantitative estimate of drug-likeness (QED) is 0.363. The third kappa shape index (κ3) is 5.26. The Kier molecular flexibility index (Phi) is 7.16. The van der Waals surface area contributed by atoms with E-state index in [0.29, 0.717) is 41.3 Å². The lowest BCUT2D eigenvalue weighted by Gasteiger charge is -2.33. The topological polar surface area (TPSA) is 142 Å². The summed E-state index contributed by atoms with van der Waals surface area (Å²) >= 11 is 0. The van der Waals surface area contributed by atoms with Crippen molar-refractivity contribution in [3.63, 3.8) is 0 Å². The molecule has 4 N–H and O–H groups in total. The first-order chi connectivity index (χ1) is 18.4. The van der Waals surface area contributed by atoms with Gasteiger partial charge >= 0.3 is 0 Å². The van der Waals surface area contributed by atoms with E-state index >= 15 is 0 Å². The van der Waals surface area contributed by atoms with Crippen LogP contribution in [0.3, 0.4) is 0 Å². The first-order valence-electron chi connectivity index (χ1n) is 12.4. The van der Waals surface area contributed by atoms with Crippen LogP contribution >= 0.6 is 0 Å². The number of anilines is 1. The molecule has 1 aliphatic rings. The van der Waals surface area contributed by atoms with Crippen molar-refractivity contribution in [1.29, 1.82) is 0 Å². The van der Waals surface area contributed by atoms with E-state index in [1.165, 1.54) is 11.2 Å². The number of nitrogens with two attached hydrogens (primary N) is 2. The standard InChI is InChI=1S/C27H28FN7O3/c28-21(12-13-22(29)36)27(37)34-14-4-5-18(15-34)35-26-23(25(30)31-16-32-26)24(33-35)17-8-10-20(11-9-17)38-19-6-2-1-3-7-19/h1-3,6-11,16,18,21H,4-5,12-15H2,(H2,29,36)(H2,30,31,32)/t18-,21?/m1/s1. The number of nitrogen functional groups attached to an aromatic ring is 1. The number of para-hydroxylation sites is 1. The van der Waals surface area contributed by atoms with E-state index in [2.05, 4.69) is 9.97 Å². The molecule has 1 saturated heterocycles. The minimum Gasteiger partial charge on any atom is -0.457 e. The fourth-order valence-corrected chi connectivity index (χ4v) is 4.70. The van der Waals surface area contributed by atoms with Crippen LogP contribution in [0.4, 0.5) is 10.2 Å². The lowest BCUT2D eigenvalue weighted by Crippen LogP contribution is -2.44. The molecule has 1 unspecified atom stereocenters. The van der Waals surface area contributed by atoms with E-state index in [9.17, 15) is 14.0 Å². The number of rotatable bonds is 8. The summed E-state index contributed by atoms with van der Waals surface area (Å²) in [7, 11) is 0. The van der Waals surface area contributed by atoms with Crippen LogP contribution in [0, 0.1) is 0 Å². The summed E-state index contributed by atoms with van der Waals surface area (Å²) in [5.74, 6) is 0.417. The highest BCUT2D eigenvalue weighted by molar-refractivity contribution is 5.98. The third-order valence-corrected chi connectivity index (χ3v) is 6.59. The number of piperidine rings is 1. The van der Waals surface area contributed by atoms with E-state index in [1.54, 1.807) is 4.68 Å². The Morgan fingerprint density at radius 3 is 2.55 bits per heavy atom. The largest absolute Gasteiger partial charge is 0.457 e. The molecule has 38 heavy (non-hydrogen) atoms. The summed E-state index contributed by atoms with van der Waals surface area (Å²) < 4.78 is 22.2. The molecule has 4 aromatic rings. The summed E-state index contributed by atoms with van der Waals surface area (Å²) in [6.07, 6.45) is 0.596. The number of likely N-dealkylation sites (tertiary alicyclic amines) is 1. The van der Waals surface area contributed by atoms with Gasteiger partial charge in [-0.05, 0) is 55.7 Å². The van der Waals surface area contributed by atoms with Crippen molar-refractivity contribution < 1.29 is 18.7 Å². The molecule has 0 spiro atoms. The average molecular weight is 518 g/mol. The Morgan fingerprint density at radius 1 is 1.08 bits per heavy atom. The molecular formula is C27H28FN7O3. The molecule has 10 nitrogen and oxygen atoms in total. The zero-order valence-electron chi connectivity index (χ0n) is 20.7. The number of alkyl halides is 1. The van der Waals surface area contributed by atoms with Crippen LogP contribution in [0.1, 0.15) is 31.7 Å². The molecule has 1 fully saturated rings. The molecular weight excluding hydrogens is 489 g/mol. The highest BCUT2D eigenvalue weighted by Gasteiger charge is 2.32. The van der Waals surface area contributed by atoms with Gasteiger partial charge in [-0.1, -0.05) is 18.2 Å². The number of primary amides is 1. The predicted octanol–water partition coefficient (Wildman–Crippen LogP) is 3.63. The van der Waals surface area contributed by atoms with Gasteiger partial charge in [0.25, 0.3) is 5.91 Å². The minimum absolute atomic E-state index is 0.178. The molecule has 196 valence electrons. The maximum Gasteiger partial charge on any atom is 0.257 e. The zero-order valence-corrected chi connectivity index (χ0v) is 20.7. The van der Waals surface area contributed by atoms with E-state index in [4.69, 9.17) is 21.3 Å². The molecule has 0 radical (unpaired) electrons. The first kappa shape index (κ1) is 25.1. The normalized spacial score (nSPS) is 16.3. The minimum atomic E-state index is -1.78. The van der Waals surface area contributed by atoms with Crippen LogP contribution in [0.2, 0.25) is 0 Å². The molecule has 2 amide bonds. The van der Waals surface area contributed by atoms with Gasteiger partial charge < -0.3 is 21.1 Å². The Balaban J connectivity index is 1.41. The summed E-state index contributed by atoms with van der Waals surface area (Å²) in [5, 5.41) is 5.47. The number of hydrogen-bond donors (Lipinski definition) is 2. The zero-order chi connectivity index (χ0) is 26.6. The molecule has 11 heteroatoms. The van der Waals surface area contributed by atoms with Gasteiger partial charge in [0.1, 0.15) is 29.3 Å². The fourth-order valence-electron chi connectivity index (χ4n) is 4.70. The number of ether oxygens (including phenoxy) is 1. The Morgan fingerprint density at radius 2 is 1.82 bits per heavy atom. The second kappa shape index (κ2) is 10.8. The average Bonchev–Trinajstić information content (AvgIpc) is 3.33. The number of benzene rings is 2. The van der Waals surface area contributed by atoms with Gasteiger partial charge in [-0.15, -0.1) is 0 Å². The van der Waals surface area contributed by atoms with Gasteiger partial charge in [-0.2, -0.15) is 5.10 Å². The Labute approximate surface area is 218 Å². The smallest absolute Gasteiger partial charge is 0.257 e. The van der Waals surface area contributed by atoms with Gasteiger partial charge in [0.15, 0.2) is 11.8 Å². The number of fused-ring (bicyclic) bond motifs is 1. The van der Waals surface area contributed by atoms with Crippen molar-refractivity contribution in [2.75, 3.05) is 18.8 Å². The van der Waals surface area contributed by atoms with Crippen molar-refractivity contribution in [3.8, 4) is 22.8 Å². The van der Waals surface area contributed by atoms with Crippen LogP contribution in [0.25, 0.3) is 22.3 Å². The molecule has 5 rings (SSSR count). The van der Waals surface area contributed by atoms with E-state index in [-0.39, 0.29) is 25.4 Å². The lowest BCUT2D eigenvalue weighted by atomic mass is 10.0. The maximum atomic E-state index is 14.5. The van der Waals surface area contributed by atoms with Crippen LogP contribution in [-0.4, -0.2) is 55.7 Å². The monoisotopic (exact) mass is 517 g/mol. The summed E-state index contributed by atoms with van der Waals surface area (Å²) in [6.45, 7) is 0.693. The van der Waals surface area contributed by atoms with Gasteiger partial charge in [0.2, 0.25) is 5.91 Å². The van der Waals surface area contributed by atoms with Crippen molar-refractivity contribution in [2.45, 2.75) is 37.9 Å². The second-order valence-corrected chi connectivity index (χ2v) is 9.24. The molecule has 2 aromatic carbocycles. The Hall–Kier alpha value is -4.54. The number of carbonyl (C=O) groups is 2. The third-order valence-electron chi connectivity index (χ3n) is 6.59. The summed E-state index contributed by atoms with van der Waals surface area (Å²) in [6, 6.07) is 16.7. The van der Waals surface area contributed by atoms with Crippen molar-refractivity contribution in [2.24, 2.45) is 5.73 Å². The number of hydrogen-bond acceptors (Lipinski definition) is 7. The molecule has 0 aliphatic carbocycles. The number of aromatic nitrogens is 4. The first-order valence-corrected chi connectivity index (χ1v) is 12.4. The number of nitrogens with zero attached hydrogens (tertiary/aromatic N) is 5. The molecule has 2 atom stereocenters. The Bertz CT molecular complexity index is 1440. The molecule has 1 aliphatic heterocycles. The van der Waals surface area contributed by atoms with Crippen molar-refractivity contribution >= 4 is 28.7 Å². The second-order valence-electron chi connectivity index (χ2n) is 9.24. The van der Waals surface area contributed by atoms with E-state index in [0.717, 1.165) is 17.7 Å². The highest BCUT2D eigenvalue weighted by atomic mass is 19.1.